The Labute approximate surface area is 239 Å². The number of anilines is 1. The number of fused-ring (bicyclic) bond motifs is 3. The molecular weight excluding hydrogens is 608 g/mol. The second-order valence-corrected chi connectivity index (χ2v) is 15.9. The number of hydrogen-bond acceptors (Lipinski definition) is 11. The molecule has 1 amide bonds. The largest absolute Gasteiger partial charge is 0.445 e. The van der Waals surface area contributed by atoms with E-state index in [4.69, 9.17) is 35.4 Å². The summed E-state index contributed by atoms with van der Waals surface area (Å²) in [5.41, 5.74) is -0.0184. The monoisotopic (exact) mass is 639 g/mol. The van der Waals surface area contributed by atoms with Gasteiger partial charge in [0, 0.05) is 5.41 Å². The summed E-state index contributed by atoms with van der Waals surface area (Å²) in [6, 6.07) is 0. The number of ether oxygens (including phenoxy) is 2. The minimum absolute atomic E-state index is 0.0282. The fraction of sp³-hybridized carbons (Fsp3) is 0.727. The van der Waals surface area contributed by atoms with Crippen LogP contribution in [0.5, 0.6) is 0 Å². The zero-order valence-electron chi connectivity index (χ0n) is 22.3. The Morgan fingerprint density at radius 3 is 2.54 bits per heavy atom. The van der Waals surface area contributed by atoms with E-state index in [0.717, 1.165) is 19.3 Å². The van der Waals surface area contributed by atoms with Crippen LogP contribution in [-0.2, 0) is 23.1 Å². The zero-order valence-corrected chi connectivity index (χ0v) is 24.9. The number of nitrogens with one attached hydrogen (secondary N) is 1. The van der Waals surface area contributed by atoms with Crippen molar-refractivity contribution in [3.05, 3.63) is 11.6 Å². The third-order valence-electron chi connectivity index (χ3n) is 8.99. The molecule has 3 heterocycles. The molecule has 2 aromatic heterocycles. The molecule has 6 N–H and O–H groups in total. The molecule has 8 atom stereocenters. The number of aliphatic hydroxyl groups is 2. The average molecular weight is 640 g/mol. The first kappa shape index (κ1) is 30.7. The lowest BCUT2D eigenvalue weighted by Crippen LogP contribution is -2.39. The Morgan fingerprint density at radius 1 is 1.22 bits per heavy atom. The number of imidazole rings is 1. The number of carbonyl (C=O) groups is 1. The van der Waals surface area contributed by atoms with Crippen LogP contribution in [0.15, 0.2) is 6.33 Å². The third-order valence-corrected chi connectivity index (χ3v) is 12.6. The second-order valence-electron chi connectivity index (χ2n) is 11.6. The third kappa shape index (κ3) is 5.67. The maximum atomic E-state index is 12.9. The van der Waals surface area contributed by atoms with Gasteiger partial charge in [0.1, 0.15) is 24.4 Å². The normalized spacial score (nSPS) is 34.2. The fourth-order valence-electron chi connectivity index (χ4n) is 6.29. The maximum absolute atomic E-state index is 12.9. The first-order valence-corrected chi connectivity index (χ1v) is 16.8. The first-order valence-electron chi connectivity index (χ1n) is 12.8. The molecule has 41 heavy (non-hydrogen) atoms. The standard InChI is InChI=1S/C22H32ClN5O11P2/c1-21(2)10-4-5-22(21,3)12(6-10)39-20(31)26-16-13-17(27-19(23)25-16)28(8-24-13)18-15(30)14(29)11(38-18)7-37-41(35,36)9-40(32,33)34/h8,10-12,14-15,18,29-30H,4-7,9H2,1-3H3,(H,35,36)(H2,32,33,34)(H,25,26,27,31)/t10-,11+,12?,14-,15?,18+,22-/m0/s1. The van der Waals surface area contributed by atoms with Crippen molar-refractivity contribution in [2.75, 3.05) is 17.8 Å². The molecule has 5 rings (SSSR count). The Kier molecular flexibility index (Phi) is 7.85. The average Bonchev–Trinajstić information content (AvgIpc) is 3.49. The van der Waals surface area contributed by atoms with E-state index in [1.54, 1.807) is 0 Å². The van der Waals surface area contributed by atoms with Gasteiger partial charge in [0.05, 0.1) is 12.9 Å². The highest BCUT2D eigenvalue weighted by atomic mass is 35.5. The topological polar surface area (TPSA) is 236 Å². The van der Waals surface area contributed by atoms with E-state index in [9.17, 15) is 29.0 Å². The summed E-state index contributed by atoms with van der Waals surface area (Å²) in [4.78, 5) is 52.9. The van der Waals surface area contributed by atoms with Crippen molar-refractivity contribution in [3.63, 3.8) is 0 Å². The summed E-state index contributed by atoms with van der Waals surface area (Å²) in [5.74, 6) is -1.02. The van der Waals surface area contributed by atoms with Gasteiger partial charge in [0.2, 0.25) is 5.28 Å². The van der Waals surface area contributed by atoms with Crippen molar-refractivity contribution >= 4 is 49.9 Å². The lowest BCUT2D eigenvalue weighted by atomic mass is 9.70. The lowest BCUT2D eigenvalue weighted by molar-refractivity contribution is -0.0483. The van der Waals surface area contributed by atoms with Gasteiger partial charge in [-0.3, -0.25) is 19.0 Å². The quantitative estimate of drug-likeness (QED) is 0.179. The van der Waals surface area contributed by atoms with Gasteiger partial charge in [0.15, 0.2) is 29.1 Å². The molecule has 3 unspecified atom stereocenters. The SMILES string of the molecule is CC1(C)[C@H]2CC[C@@]1(C)C(OC(=O)Nc1nc(Cl)nc3c1ncn3[C@@H]1O[C@H](COP(=O)(O)CP(=O)(O)O)[C@H](O)C1O)C2. The number of amides is 1. The molecule has 0 spiro atoms. The van der Waals surface area contributed by atoms with Crippen LogP contribution >= 0.6 is 26.8 Å². The highest BCUT2D eigenvalue weighted by Crippen LogP contribution is 2.66. The van der Waals surface area contributed by atoms with Gasteiger partial charge in [-0.2, -0.15) is 9.97 Å². The molecule has 0 radical (unpaired) electrons. The summed E-state index contributed by atoms with van der Waals surface area (Å²) in [5, 5.41) is 23.4. The van der Waals surface area contributed by atoms with Crippen molar-refractivity contribution in [3.8, 4) is 0 Å². The lowest BCUT2D eigenvalue weighted by Gasteiger charge is -2.38. The molecule has 16 nitrogen and oxygen atoms in total. The predicted octanol–water partition coefficient (Wildman–Crippen LogP) is 2.20. The van der Waals surface area contributed by atoms with E-state index in [1.807, 2.05) is 0 Å². The van der Waals surface area contributed by atoms with Gasteiger partial charge < -0.3 is 38.9 Å². The van der Waals surface area contributed by atoms with Crippen LogP contribution in [0.4, 0.5) is 10.6 Å². The number of hydrogen-bond donors (Lipinski definition) is 6. The molecular formula is C22H32ClN5O11P2. The molecule has 2 bridgehead atoms. The van der Waals surface area contributed by atoms with Crippen molar-refractivity contribution in [2.45, 2.75) is 70.7 Å². The van der Waals surface area contributed by atoms with Crippen molar-refractivity contribution in [1.82, 2.24) is 19.5 Å². The number of halogens is 1. The van der Waals surface area contributed by atoms with Crippen LogP contribution in [0.2, 0.25) is 5.28 Å². The van der Waals surface area contributed by atoms with Crippen LogP contribution < -0.4 is 5.32 Å². The van der Waals surface area contributed by atoms with Gasteiger partial charge in [0.25, 0.3) is 0 Å². The van der Waals surface area contributed by atoms with Crippen LogP contribution in [0.1, 0.15) is 46.3 Å². The zero-order chi connectivity index (χ0) is 30.1. The molecule has 1 saturated heterocycles. The van der Waals surface area contributed by atoms with E-state index < -0.39 is 58.3 Å². The highest BCUT2D eigenvalue weighted by Gasteiger charge is 2.63. The van der Waals surface area contributed by atoms with E-state index in [2.05, 4.69) is 41.0 Å². The van der Waals surface area contributed by atoms with Crippen LogP contribution in [0, 0.1) is 16.7 Å². The number of aromatic nitrogens is 4. The predicted molar refractivity (Wildman–Crippen MR) is 142 cm³/mol. The van der Waals surface area contributed by atoms with Gasteiger partial charge in [-0.05, 0) is 42.2 Å². The minimum Gasteiger partial charge on any atom is -0.445 e. The highest BCUT2D eigenvalue weighted by molar-refractivity contribution is 7.70. The smallest absolute Gasteiger partial charge is 0.413 e. The molecule has 3 aliphatic rings. The fourth-order valence-corrected chi connectivity index (χ4v) is 9.02. The summed E-state index contributed by atoms with van der Waals surface area (Å²) < 4.78 is 40.4. The molecule has 2 aliphatic carbocycles. The first-order chi connectivity index (χ1) is 18.9. The molecule has 2 aromatic rings. The maximum Gasteiger partial charge on any atom is 0.413 e. The minimum atomic E-state index is -4.86. The van der Waals surface area contributed by atoms with Crippen LogP contribution in [0.3, 0.4) is 0 Å². The Bertz CT molecular complexity index is 1450. The molecule has 3 fully saturated rings. The molecule has 19 heteroatoms. The summed E-state index contributed by atoms with van der Waals surface area (Å²) in [6.45, 7) is 5.77. The van der Waals surface area contributed by atoms with Crippen LogP contribution in [0.25, 0.3) is 11.2 Å². The van der Waals surface area contributed by atoms with Crippen molar-refractivity contribution in [2.24, 2.45) is 16.7 Å². The number of aliphatic hydroxyl groups excluding tert-OH is 2. The summed E-state index contributed by atoms with van der Waals surface area (Å²) >= 11 is 6.12. The number of carbonyl (C=O) groups excluding carboxylic acids is 1. The Morgan fingerprint density at radius 2 is 1.93 bits per heavy atom. The second kappa shape index (κ2) is 10.5. The molecule has 228 valence electrons. The van der Waals surface area contributed by atoms with E-state index >= 15 is 0 Å². The van der Waals surface area contributed by atoms with E-state index in [1.165, 1.54) is 10.9 Å². The van der Waals surface area contributed by atoms with Gasteiger partial charge in [-0.15, -0.1) is 0 Å². The molecule has 1 aliphatic heterocycles. The van der Waals surface area contributed by atoms with Crippen LogP contribution in [-0.4, -0.2) is 87.4 Å². The summed E-state index contributed by atoms with van der Waals surface area (Å²) in [6.07, 6.45) is -2.90. The van der Waals surface area contributed by atoms with E-state index in [-0.39, 0.29) is 39.2 Å². The summed E-state index contributed by atoms with van der Waals surface area (Å²) in [7, 11) is -9.59. The van der Waals surface area contributed by atoms with Gasteiger partial charge in [-0.1, -0.05) is 20.8 Å². The van der Waals surface area contributed by atoms with Crippen molar-refractivity contribution < 1.29 is 52.8 Å². The number of rotatable bonds is 8. The molecule has 0 aromatic carbocycles. The number of nitrogens with zero attached hydrogens (tertiary/aromatic N) is 4. The molecule has 2 saturated carbocycles. The van der Waals surface area contributed by atoms with Gasteiger partial charge in [-0.25, -0.2) is 9.78 Å². The van der Waals surface area contributed by atoms with Crippen molar-refractivity contribution in [1.29, 1.82) is 0 Å². The Balaban J connectivity index is 1.31. The Hall–Kier alpha value is -1.71. The van der Waals surface area contributed by atoms with E-state index in [0.29, 0.717) is 5.92 Å². The van der Waals surface area contributed by atoms with Gasteiger partial charge >= 0.3 is 21.3 Å².